The van der Waals surface area contributed by atoms with Gasteiger partial charge in [-0.15, -0.1) is 0 Å². The number of halogens is 3. The van der Waals surface area contributed by atoms with Crippen LogP contribution in [0.3, 0.4) is 0 Å². The maximum Gasteiger partial charge on any atom is 0.417 e. The highest BCUT2D eigenvalue weighted by molar-refractivity contribution is 5.96. The van der Waals surface area contributed by atoms with E-state index in [1.54, 1.807) is 30.4 Å². The molecule has 1 amide bonds. The summed E-state index contributed by atoms with van der Waals surface area (Å²) in [6.07, 6.45) is 3.04. The minimum atomic E-state index is -4.56. The molecule has 0 saturated heterocycles. The van der Waals surface area contributed by atoms with Crippen molar-refractivity contribution < 1.29 is 32.6 Å². The number of carboxylic acid groups (broad SMARTS) is 1. The lowest BCUT2D eigenvalue weighted by atomic mass is 9.86. The highest BCUT2D eigenvalue weighted by Crippen LogP contribution is 2.40. The van der Waals surface area contributed by atoms with Crippen LogP contribution >= 0.6 is 0 Å². The average Bonchev–Trinajstić information content (AvgIpc) is 2.90. The maximum absolute atomic E-state index is 14.2. The van der Waals surface area contributed by atoms with Gasteiger partial charge < -0.3 is 15.2 Å². The monoisotopic (exact) mass is 557 g/mol. The molecule has 0 spiro atoms. The number of carbonyl (C=O) groups excluding carboxylic acids is 1. The van der Waals surface area contributed by atoms with Crippen LogP contribution in [-0.2, 0) is 21.2 Å². The van der Waals surface area contributed by atoms with Crippen molar-refractivity contribution in [3.8, 4) is 16.9 Å². The maximum atomic E-state index is 14.2. The molecule has 2 unspecified atom stereocenters. The number of alkyl halides is 3. The molecule has 3 rings (SSSR count). The molecule has 216 valence electrons. The number of carboxylic acids is 1. The molecular formula is C32H38F3NO4. The SMILES string of the molecule is CCCCC(Oc1ccc(-c2ccc(C(C)(C)C)cc2)c(C(F)(F)F)c1)C1C=CC(C(=O)NCCC(=O)O)=CC1. The van der Waals surface area contributed by atoms with Crippen LogP contribution in [0.15, 0.2) is 66.3 Å². The summed E-state index contributed by atoms with van der Waals surface area (Å²) >= 11 is 0. The van der Waals surface area contributed by atoms with E-state index in [1.807, 2.05) is 25.1 Å². The van der Waals surface area contributed by atoms with Gasteiger partial charge in [-0.3, -0.25) is 9.59 Å². The molecule has 2 aromatic carbocycles. The van der Waals surface area contributed by atoms with E-state index in [9.17, 15) is 22.8 Å². The molecule has 0 aliphatic heterocycles. The molecule has 5 nitrogen and oxygen atoms in total. The molecule has 0 fully saturated rings. The van der Waals surface area contributed by atoms with Gasteiger partial charge in [0.15, 0.2) is 0 Å². The van der Waals surface area contributed by atoms with Crippen LogP contribution in [-0.4, -0.2) is 29.6 Å². The van der Waals surface area contributed by atoms with Crippen molar-refractivity contribution >= 4 is 11.9 Å². The van der Waals surface area contributed by atoms with Crippen molar-refractivity contribution in [1.82, 2.24) is 5.32 Å². The van der Waals surface area contributed by atoms with E-state index in [2.05, 4.69) is 26.1 Å². The van der Waals surface area contributed by atoms with Crippen LogP contribution in [0.4, 0.5) is 13.2 Å². The summed E-state index contributed by atoms with van der Waals surface area (Å²) in [6.45, 7) is 8.23. The van der Waals surface area contributed by atoms with Gasteiger partial charge in [-0.2, -0.15) is 13.2 Å². The molecule has 2 aromatic rings. The van der Waals surface area contributed by atoms with Crippen LogP contribution in [0, 0.1) is 5.92 Å². The van der Waals surface area contributed by atoms with Gasteiger partial charge in [0.25, 0.3) is 5.91 Å². The Morgan fingerprint density at radius 3 is 2.35 bits per heavy atom. The Bertz CT molecular complexity index is 1240. The first-order chi connectivity index (χ1) is 18.8. The number of amides is 1. The first kappa shape index (κ1) is 31.0. The van der Waals surface area contributed by atoms with Gasteiger partial charge >= 0.3 is 12.1 Å². The fourth-order valence-corrected chi connectivity index (χ4v) is 4.64. The zero-order chi connectivity index (χ0) is 29.5. The number of benzene rings is 2. The Hall–Kier alpha value is -3.55. The Balaban J connectivity index is 1.80. The van der Waals surface area contributed by atoms with Crippen molar-refractivity contribution in [2.45, 2.75) is 77.5 Å². The van der Waals surface area contributed by atoms with Gasteiger partial charge in [-0.25, -0.2) is 0 Å². The van der Waals surface area contributed by atoms with E-state index < -0.39 is 17.7 Å². The van der Waals surface area contributed by atoms with Crippen LogP contribution < -0.4 is 10.1 Å². The molecule has 8 heteroatoms. The second-order valence-corrected chi connectivity index (χ2v) is 11.1. The van der Waals surface area contributed by atoms with Crippen molar-refractivity contribution in [3.05, 3.63) is 77.4 Å². The van der Waals surface area contributed by atoms with Gasteiger partial charge in [0.05, 0.1) is 12.0 Å². The molecule has 0 radical (unpaired) electrons. The Morgan fingerprint density at radius 2 is 1.80 bits per heavy atom. The lowest BCUT2D eigenvalue weighted by Crippen LogP contribution is -2.30. The van der Waals surface area contributed by atoms with E-state index in [-0.39, 0.29) is 47.6 Å². The first-order valence-electron chi connectivity index (χ1n) is 13.7. The number of allylic oxidation sites excluding steroid dienone is 1. The largest absolute Gasteiger partial charge is 0.490 e. The van der Waals surface area contributed by atoms with Crippen molar-refractivity contribution in [3.63, 3.8) is 0 Å². The van der Waals surface area contributed by atoms with Crippen LogP contribution in [0.25, 0.3) is 11.1 Å². The summed E-state index contributed by atoms with van der Waals surface area (Å²) < 4.78 is 48.7. The molecule has 0 bridgehead atoms. The third-order valence-corrected chi connectivity index (χ3v) is 6.99. The topological polar surface area (TPSA) is 75.6 Å². The molecule has 1 aliphatic rings. The number of nitrogens with one attached hydrogen (secondary N) is 1. The highest BCUT2D eigenvalue weighted by Gasteiger charge is 2.35. The summed E-state index contributed by atoms with van der Waals surface area (Å²) in [7, 11) is 0. The lowest BCUT2D eigenvalue weighted by Gasteiger charge is -2.28. The third-order valence-electron chi connectivity index (χ3n) is 6.99. The fraction of sp³-hybridized carbons (Fsp3) is 0.438. The molecule has 1 aliphatic carbocycles. The summed E-state index contributed by atoms with van der Waals surface area (Å²) in [5.74, 6) is -1.33. The van der Waals surface area contributed by atoms with Crippen molar-refractivity contribution in [2.24, 2.45) is 5.92 Å². The van der Waals surface area contributed by atoms with Crippen molar-refractivity contribution in [2.75, 3.05) is 6.54 Å². The summed E-state index contributed by atoms with van der Waals surface area (Å²) in [6, 6.07) is 11.3. The summed E-state index contributed by atoms with van der Waals surface area (Å²) in [5.41, 5.74) is 1.20. The molecule has 2 N–H and O–H groups in total. The van der Waals surface area contributed by atoms with E-state index in [4.69, 9.17) is 9.84 Å². The number of rotatable bonds is 11. The minimum Gasteiger partial charge on any atom is -0.490 e. The zero-order valence-electron chi connectivity index (χ0n) is 23.5. The predicted octanol–water partition coefficient (Wildman–Crippen LogP) is 7.70. The number of aliphatic carboxylic acids is 1. The highest BCUT2D eigenvalue weighted by atomic mass is 19.4. The quantitative estimate of drug-likeness (QED) is 0.297. The van der Waals surface area contributed by atoms with Gasteiger partial charge in [0.2, 0.25) is 0 Å². The molecular weight excluding hydrogens is 519 g/mol. The van der Waals surface area contributed by atoms with Gasteiger partial charge in [-0.1, -0.05) is 89.1 Å². The van der Waals surface area contributed by atoms with Crippen LogP contribution in [0.1, 0.15) is 70.9 Å². The van der Waals surface area contributed by atoms with Crippen LogP contribution in [0.2, 0.25) is 0 Å². The number of carbonyl (C=O) groups is 2. The Labute approximate surface area is 234 Å². The van der Waals surface area contributed by atoms with Gasteiger partial charge in [0, 0.05) is 18.0 Å². The van der Waals surface area contributed by atoms with E-state index in [1.165, 1.54) is 6.07 Å². The second kappa shape index (κ2) is 13.2. The number of ether oxygens (including phenoxy) is 1. The average molecular weight is 558 g/mol. The van der Waals surface area contributed by atoms with Crippen molar-refractivity contribution in [1.29, 1.82) is 0 Å². The van der Waals surface area contributed by atoms with Gasteiger partial charge in [0.1, 0.15) is 11.9 Å². The fourth-order valence-electron chi connectivity index (χ4n) is 4.64. The molecule has 2 atom stereocenters. The molecule has 0 heterocycles. The standard InChI is InChI=1S/C32H38F3NO4/c1-5-6-7-28(22-8-10-23(11-9-22)30(39)36-19-18-29(37)38)40-25-16-17-26(27(20-25)32(33,34)35)21-12-14-24(15-13-21)31(2,3)4/h8,10-17,20,22,28H,5-7,9,18-19H2,1-4H3,(H,36,39)(H,37,38). The molecule has 0 aromatic heterocycles. The number of hydrogen-bond donors (Lipinski definition) is 2. The summed E-state index contributed by atoms with van der Waals surface area (Å²) in [4.78, 5) is 23.0. The molecule has 40 heavy (non-hydrogen) atoms. The lowest BCUT2D eigenvalue weighted by molar-refractivity contribution is -0.138. The predicted molar refractivity (Wildman–Crippen MR) is 150 cm³/mol. The number of hydrogen-bond acceptors (Lipinski definition) is 3. The Kier molecular flexibility index (Phi) is 10.2. The Morgan fingerprint density at radius 1 is 1.10 bits per heavy atom. The van der Waals surface area contributed by atoms with Crippen LogP contribution in [0.5, 0.6) is 5.75 Å². The normalized spacial score (nSPS) is 16.3. The second-order valence-electron chi connectivity index (χ2n) is 11.1. The third kappa shape index (κ3) is 8.47. The smallest absolute Gasteiger partial charge is 0.417 e. The minimum absolute atomic E-state index is 0.0310. The van der Waals surface area contributed by atoms with E-state index >= 15 is 0 Å². The van der Waals surface area contributed by atoms with Gasteiger partial charge in [-0.05, 0) is 47.1 Å². The summed E-state index contributed by atoms with van der Waals surface area (Å²) in [5, 5.41) is 11.3. The first-order valence-corrected chi connectivity index (χ1v) is 13.7. The van der Waals surface area contributed by atoms with E-state index in [0.29, 0.717) is 24.0 Å². The zero-order valence-corrected chi connectivity index (χ0v) is 23.5. The van der Waals surface area contributed by atoms with E-state index in [0.717, 1.165) is 24.5 Å². The number of unbranched alkanes of at least 4 members (excludes halogenated alkanes) is 1. The molecule has 0 saturated carbocycles.